The Morgan fingerprint density at radius 1 is 1.23 bits per heavy atom. The molecule has 0 unspecified atom stereocenters. The normalized spacial score (nSPS) is 11.8. The van der Waals surface area contributed by atoms with E-state index in [1.165, 1.54) is 25.5 Å². The van der Waals surface area contributed by atoms with Crippen molar-refractivity contribution in [2.45, 2.75) is 20.0 Å². The van der Waals surface area contributed by atoms with E-state index in [4.69, 9.17) is 14.2 Å². The van der Waals surface area contributed by atoms with Crippen LogP contribution >= 0.6 is 0 Å². The van der Waals surface area contributed by atoms with E-state index in [-0.39, 0.29) is 5.75 Å². The minimum absolute atomic E-state index is 0.142. The van der Waals surface area contributed by atoms with Crippen LogP contribution in [-0.2, 0) is 4.79 Å². The zero-order chi connectivity index (χ0) is 18.9. The molecule has 6 nitrogen and oxygen atoms in total. The molecule has 2 rings (SSSR count). The molecule has 1 N–H and O–H groups in total. The number of carbonyl (C=O) groups excluding carboxylic acids is 1. The van der Waals surface area contributed by atoms with Crippen LogP contribution in [0, 0.1) is 5.82 Å². The summed E-state index contributed by atoms with van der Waals surface area (Å²) in [6.45, 7) is 4.08. The van der Waals surface area contributed by atoms with Gasteiger partial charge in [0.05, 0.1) is 19.9 Å². The first-order valence-corrected chi connectivity index (χ1v) is 8.09. The molecule has 2 aromatic carbocycles. The van der Waals surface area contributed by atoms with E-state index in [1.807, 2.05) is 6.92 Å². The lowest BCUT2D eigenvalue weighted by atomic mass is 10.2. The number of nitrogens with one attached hydrogen (secondary N) is 1. The number of amides is 1. The van der Waals surface area contributed by atoms with Crippen LogP contribution in [0.3, 0.4) is 0 Å². The molecule has 138 valence electrons. The first-order chi connectivity index (χ1) is 12.5. The summed E-state index contributed by atoms with van der Waals surface area (Å²) < 4.78 is 29.3. The Kier molecular flexibility index (Phi) is 6.96. The summed E-state index contributed by atoms with van der Waals surface area (Å²) in [6, 6.07) is 11.3. The summed E-state index contributed by atoms with van der Waals surface area (Å²) in [4.78, 5) is 12.0. The SMILES string of the molecule is CCOc1ccc(O[C@H](C)C(=O)N/N=C\c2ccc(OC)c(F)c2)cc1. The average Bonchev–Trinajstić information content (AvgIpc) is 2.63. The van der Waals surface area contributed by atoms with Gasteiger partial charge in [-0.15, -0.1) is 0 Å². The Morgan fingerprint density at radius 3 is 2.54 bits per heavy atom. The summed E-state index contributed by atoms with van der Waals surface area (Å²) in [5, 5.41) is 3.81. The van der Waals surface area contributed by atoms with Crippen molar-refractivity contribution in [1.82, 2.24) is 5.43 Å². The number of hydrogen-bond donors (Lipinski definition) is 1. The lowest BCUT2D eigenvalue weighted by Gasteiger charge is -2.13. The van der Waals surface area contributed by atoms with E-state index in [9.17, 15) is 9.18 Å². The molecule has 0 saturated carbocycles. The van der Waals surface area contributed by atoms with Gasteiger partial charge in [-0.05, 0) is 61.9 Å². The van der Waals surface area contributed by atoms with E-state index >= 15 is 0 Å². The Balaban J connectivity index is 1.87. The molecule has 26 heavy (non-hydrogen) atoms. The lowest BCUT2D eigenvalue weighted by Crippen LogP contribution is -2.33. The molecular formula is C19H21FN2O4. The summed E-state index contributed by atoms with van der Waals surface area (Å²) in [5.74, 6) is 0.480. The Hall–Kier alpha value is -3.09. The van der Waals surface area contributed by atoms with Crippen LogP contribution in [0.1, 0.15) is 19.4 Å². The van der Waals surface area contributed by atoms with E-state index in [0.29, 0.717) is 17.9 Å². The molecule has 0 bridgehead atoms. The smallest absolute Gasteiger partial charge is 0.280 e. The van der Waals surface area contributed by atoms with Crippen molar-refractivity contribution in [2.75, 3.05) is 13.7 Å². The maximum absolute atomic E-state index is 13.6. The van der Waals surface area contributed by atoms with E-state index in [1.54, 1.807) is 37.3 Å². The maximum Gasteiger partial charge on any atom is 0.280 e. The van der Waals surface area contributed by atoms with Crippen LogP contribution in [0.25, 0.3) is 0 Å². The number of halogens is 1. The number of nitrogens with zero attached hydrogens (tertiary/aromatic N) is 1. The topological polar surface area (TPSA) is 69.2 Å². The highest BCUT2D eigenvalue weighted by atomic mass is 19.1. The predicted octanol–water partition coefficient (Wildman–Crippen LogP) is 3.15. The molecular weight excluding hydrogens is 339 g/mol. The molecule has 0 aliphatic carbocycles. The summed E-state index contributed by atoms with van der Waals surface area (Å²) >= 11 is 0. The van der Waals surface area contributed by atoms with Crippen LogP contribution in [0.2, 0.25) is 0 Å². The second kappa shape index (κ2) is 9.41. The highest BCUT2D eigenvalue weighted by Gasteiger charge is 2.14. The molecule has 7 heteroatoms. The van der Waals surface area contributed by atoms with Crippen LogP contribution in [-0.4, -0.2) is 31.9 Å². The molecule has 0 fully saturated rings. The number of hydrazone groups is 1. The van der Waals surface area contributed by atoms with Crippen LogP contribution in [0.5, 0.6) is 17.2 Å². The van der Waals surface area contributed by atoms with Crippen molar-refractivity contribution < 1.29 is 23.4 Å². The van der Waals surface area contributed by atoms with Crippen LogP contribution in [0.15, 0.2) is 47.6 Å². The molecule has 1 amide bonds. The quantitative estimate of drug-likeness (QED) is 0.580. The standard InChI is InChI=1S/C19H21FN2O4/c1-4-25-15-6-8-16(9-7-15)26-13(2)19(23)22-21-12-14-5-10-18(24-3)17(20)11-14/h5-13H,4H2,1-3H3,(H,22,23)/b21-12-/t13-/m1/s1. The third kappa shape index (κ3) is 5.47. The van der Waals surface area contributed by atoms with Gasteiger partial charge in [0.25, 0.3) is 5.91 Å². The van der Waals surface area contributed by atoms with Gasteiger partial charge >= 0.3 is 0 Å². The summed E-state index contributed by atoms with van der Waals surface area (Å²) in [7, 11) is 1.39. The van der Waals surface area contributed by atoms with Crippen molar-refractivity contribution in [3.05, 3.63) is 53.8 Å². The fourth-order valence-corrected chi connectivity index (χ4v) is 2.06. The fraction of sp³-hybridized carbons (Fsp3) is 0.263. The van der Waals surface area contributed by atoms with Gasteiger partial charge in [-0.2, -0.15) is 5.10 Å². The Labute approximate surface area is 151 Å². The van der Waals surface area contributed by atoms with Crippen molar-refractivity contribution >= 4 is 12.1 Å². The Morgan fingerprint density at radius 2 is 1.92 bits per heavy atom. The number of rotatable bonds is 8. The van der Waals surface area contributed by atoms with Crippen molar-refractivity contribution in [1.29, 1.82) is 0 Å². The minimum atomic E-state index is -0.752. The van der Waals surface area contributed by atoms with Gasteiger partial charge < -0.3 is 14.2 Å². The molecule has 0 heterocycles. The third-order valence-corrected chi connectivity index (χ3v) is 3.38. The van der Waals surface area contributed by atoms with Gasteiger partial charge in [-0.25, -0.2) is 9.82 Å². The Bertz CT molecular complexity index is 763. The van der Waals surface area contributed by atoms with Gasteiger partial charge in [0.2, 0.25) is 0 Å². The third-order valence-electron chi connectivity index (χ3n) is 3.38. The van der Waals surface area contributed by atoms with Crippen molar-refractivity contribution in [3.8, 4) is 17.2 Å². The van der Waals surface area contributed by atoms with Crippen LogP contribution in [0.4, 0.5) is 4.39 Å². The second-order valence-corrected chi connectivity index (χ2v) is 5.29. The molecule has 1 atom stereocenters. The summed E-state index contributed by atoms with van der Waals surface area (Å²) in [5.41, 5.74) is 2.85. The first-order valence-electron chi connectivity index (χ1n) is 8.09. The molecule has 0 spiro atoms. The number of carbonyl (C=O) groups is 1. The molecule has 2 aromatic rings. The van der Waals surface area contributed by atoms with Gasteiger partial charge in [-0.3, -0.25) is 4.79 Å². The van der Waals surface area contributed by atoms with Gasteiger partial charge in [0.1, 0.15) is 11.5 Å². The lowest BCUT2D eigenvalue weighted by molar-refractivity contribution is -0.127. The van der Waals surface area contributed by atoms with E-state index in [0.717, 1.165) is 5.75 Å². The number of methoxy groups -OCH3 is 1. The average molecular weight is 360 g/mol. The highest BCUT2D eigenvalue weighted by molar-refractivity contribution is 5.84. The zero-order valence-electron chi connectivity index (χ0n) is 14.9. The largest absolute Gasteiger partial charge is 0.494 e. The first kappa shape index (κ1) is 19.2. The second-order valence-electron chi connectivity index (χ2n) is 5.29. The highest BCUT2D eigenvalue weighted by Crippen LogP contribution is 2.19. The molecule has 0 saturated heterocycles. The van der Waals surface area contributed by atoms with Gasteiger partial charge in [0.15, 0.2) is 17.7 Å². The molecule has 0 aliphatic rings. The minimum Gasteiger partial charge on any atom is -0.494 e. The summed E-state index contributed by atoms with van der Waals surface area (Å²) in [6.07, 6.45) is 0.585. The number of benzene rings is 2. The van der Waals surface area contributed by atoms with Crippen LogP contribution < -0.4 is 19.6 Å². The number of hydrogen-bond acceptors (Lipinski definition) is 5. The zero-order valence-corrected chi connectivity index (χ0v) is 14.9. The van der Waals surface area contributed by atoms with Crippen molar-refractivity contribution in [2.24, 2.45) is 5.10 Å². The monoisotopic (exact) mass is 360 g/mol. The van der Waals surface area contributed by atoms with E-state index < -0.39 is 17.8 Å². The molecule has 0 aliphatic heterocycles. The van der Waals surface area contributed by atoms with Gasteiger partial charge in [-0.1, -0.05) is 0 Å². The molecule has 0 aromatic heterocycles. The fourth-order valence-electron chi connectivity index (χ4n) is 2.06. The predicted molar refractivity (Wildman–Crippen MR) is 96.4 cm³/mol. The van der Waals surface area contributed by atoms with E-state index in [2.05, 4.69) is 10.5 Å². The van der Waals surface area contributed by atoms with Gasteiger partial charge in [0, 0.05) is 0 Å². The maximum atomic E-state index is 13.6. The molecule has 0 radical (unpaired) electrons. The number of ether oxygens (including phenoxy) is 3. The van der Waals surface area contributed by atoms with Crippen molar-refractivity contribution in [3.63, 3.8) is 0 Å².